The van der Waals surface area contributed by atoms with Crippen LogP contribution in [0.1, 0.15) is 27.0 Å². The van der Waals surface area contributed by atoms with Gasteiger partial charge < -0.3 is 10.3 Å². The number of hydrogen-bond acceptors (Lipinski definition) is 3. The summed E-state index contributed by atoms with van der Waals surface area (Å²) in [4.78, 5) is 28.7. The van der Waals surface area contributed by atoms with Crippen molar-refractivity contribution in [1.29, 1.82) is 0 Å². The lowest BCUT2D eigenvalue weighted by atomic mass is 10.1. The molecular weight excluding hydrogens is 266 g/mol. The zero-order chi connectivity index (χ0) is 14.8. The van der Waals surface area contributed by atoms with Crippen LogP contribution in [0.4, 0.5) is 0 Å². The van der Waals surface area contributed by atoms with Crippen molar-refractivity contribution in [1.82, 2.24) is 15.2 Å². The molecule has 2 N–H and O–H groups in total. The smallest absolute Gasteiger partial charge is 0.261 e. The van der Waals surface area contributed by atoms with E-state index in [1.165, 1.54) is 12.6 Å². The Morgan fingerprint density at radius 3 is 2.76 bits per heavy atom. The van der Waals surface area contributed by atoms with Gasteiger partial charge in [0.15, 0.2) is 0 Å². The summed E-state index contributed by atoms with van der Waals surface area (Å²) >= 11 is 0. The molecule has 1 amide bonds. The summed E-state index contributed by atoms with van der Waals surface area (Å²) in [6.07, 6.45) is 1.72. The zero-order valence-corrected chi connectivity index (χ0v) is 11.8. The van der Waals surface area contributed by atoms with E-state index in [1.54, 1.807) is 6.20 Å². The van der Waals surface area contributed by atoms with Gasteiger partial charge in [-0.2, -0.15) is 0 Å². The molecule has 0 fully saturated rings. The van der Waals surface area contributed by atoms with Crippen molar-refractivity contribution in [3.05, 3.63) is 69.1 Å². The van der Waals surface area contributed by atoms with E-state index in [4.69, 9.17) is 0 Å². The van der Waals surface area contributed by atoms with Crippen molar-refractivity contribution in [2.75, 3.05) is 7.05 Å². The number of carbonyl (C=O) groups is 1. The predicted octanol–water partition coefficient (Wildman–Crippen LogP) is 1.25. The van der Waals surface area contributed by atoms with Crippen LogP contribution in [0.25, 0.3) is 0 Å². The second-order valence-electron chi connectivity index (χ2n) is 5.21. The van der Waals surface area contributed by atoms with Crippen LogP contribution in [-0.2, 0) is 19.6 Å². The van der Waals surface area contributed by atoms with E-state index in [0.29, 0.717) is 6.54 Å². The third-order valence-electron chi connectivity index (χ3n) is 3.77. The first-order chi connectivity index (χ1) is 10.2. The molecule has 5 heteroatoms. The molecule has 108 valence electrons. The second-order valence-corrected chi connectivity index (χ2v) is 5.21. The Kier molecular flexibility index (Phi) is 3.58. The number of hydrogen-bond donors (Lipinski definition) is 2. The number of rotatable bonds is 3. The van der Waals surface area contributed by atoms with Crippen LogP contribution in [0.2, 0.25) is 0 Å². The van der Waals surface area contributed by atoms with Crippen molar-refractivity contribution in [2.24, 2.45) is 0 Å². The number of amides is 1. The van der Waals surface area contributed by atoms with Gasteiger partial charge in [-0.3, -0.25) is 14.5 Å². The highest BCUT2D eigenvalue weighted by molar-refractivity contribution is 5.95. The number of aromatic amines is 1. The van der Waals surface area contributed by atoms with E-state index in [1.807, 2.05) is 18.2 Å². The fraction of sp³-hybridized carbons (Fsp3) is 0.250. The van der Waals surface area contributed by atoms with Crippen molar-refractivity contribution in [3.63, 3.8) is 0 Å². The van der Waals surface area contributed by atoms with Crippen LogP contribution in [-0.4, -0.2) is 22.8 Å². The summed E-state index contributed by atoms with van der Waals surface area (Å²) in [6, 6.07) is 10.2. The van der Waals surface area contributed by atoms with Crippen molar-refractivity contribution >= 4 is 5.91 Å². The first kappa shape index (κ1) is 13.6. The molecule has 1 aromatic carbocycles. The van der Waals surface area contributed by atoms with Gasteiger partial charge in [-0.25, -0.2) is 0 Å². The maximum absolute atomic E-state index is 11.9. The highest BCUT2D eigenvalue weighted by Gasteiger charge is 2.26. The van der Waals surface area contributed by atoms with Gasteiger partial charge in [-0.05, 0) is 16.7 Å². The number of nitrogens with one attached hydrogen (secondary N) is 2. The molecule has 21 heavy (non-hydrogen) atoms. The van der Waals surface area contributed by atoms with E-state index in [9.17, 15) is 9.59 Å². The number of fused-ring (bicyclic) bond motifs is 1. The summed E-state index contributed by atoms with van der Waals surface area (Å²) in [5.74, 6) is -0.324. The van der Waals surface area contributed by atoms with Crippen LogP contribution in [0.15, 0.2) is 41.3 Å². The van der Waals surface area contributed by atoms with E-state index >= 15 is 0 Å². The van der Waals surface area contributed by atoms with Gasteiger partial charge in [0.2, 0.25) is 0 Å². The standard InChI is InChI=1S/C16H17N3O2/c1-17-15(20)14-13-10-19(8-11-5-3-2-4-6-11)9-12(13)7-18-16(14)21/h2-7H,8-10H2,1H3,(H,17,20)(H,18,21). The average molecular weight is 283 g/mol. The predicted molar refractivity (Wildman–Crippen MR) is 79.8 cm³/mol. The van der Waals surface area contributed by atoms with E-state index < -0.39 is 0 Å². The molecule has 1 aliphatic heterocycles. The van der Waals surface area contributed by atoms with Gasteiger partial charge in [0, 0.05) is 32.9 Å². The van der Waals surface area contributed by atoms with Crippen LogP contribution >= 0.6 is 0 Å². The highest BCUT2D eigenvalue weighted by Crippen LogP contribution is 2.25. The third kappa shape index (κ3) is 2.60. The molecule has 0 unspecified atom stereocenters. The molecule has 3 rings (SSSR count). The SMILES string of the molecule is CNC(=O)c1c2c(c[nH]c1=O)CN(Cc1ccccc1)C2. The van der Waals surface area contributed by atoms with Crippen LogP contribution < -0.4 is 10.9 Å². The van der Waals surface area contributed by atoms with Crippen LogP contribution in [0.3, 0.4) is 0 Å². The zero-order valence-electron chi connectivity index (χ0n) is 11.8. The quantitative estimate of drug-likeness (QED) is 0.891. The number of pyridine rings is 1. The average Bonchev–Trinajstić information content (AvgIpc) is 2.90. The van der Waals surface area contributed by atoms with Gasteiger partial charge in [0.1, 0.15) is 5.56 Å². The molecule has 0 spiro atoms. The number of aromatic nitrogens is 1. The number of nitrogens with zero attached hydrogens (tertiary/aromatic N) is 1. The Morgan fingerprint density at radius 1 is 1.29 bits per heavy atom. The first-order valence-corrected chi connectivity index (χ1v) is 6.91. The molecule has 0 saturated heterocycles. The minimum absolute atomic E-state index is 0.241. The summed E-state index contributed by atoms with van der Waals surface area (Å²) in [5.41, 5.74) is 3.00. The maximum Gasteiger partial charge on any atom is 0.261 e. The monoisotopic (exact) mass is 283 g/mol. The molecular formula is C16H17N3O2. The van der Waals surface area contributed by atoms with Crippen molar-refractivity contribution < 1.29 is 4.79 Å². The lowest BCUT2D eigenvalue weighted by Gasteiger charge is -2.14. The van der Waals surface area contributed by atoms with Gasteiger partial charge in [-0.1, -0.05) is 30.3 Å². The maximum atomic E-state index is 11.9. The molecule has 0 bridgehead atoms. The lowest BCUT2D eigenvalue weighted by molar-refractivity contribution is 0.0960. The summed E-state index contributed by atoms with van der Waals surface area (Å²) < 4.78 is 0. The Hall–Kier alpha value is -2.40. The van der Waals surface area contributed by atoms with Gasteiger partial charge >= 0.3 is 0 Å². The normalized spacial score (nSPS) is 14.0. The van der Waals surface area contributed by atoms with Crippen molar-refractivity contribution in [2.45, 2.75) is 19.6 Å². The molecule has 5 nitrogen and oxygen atoms in total. The molecule has 2 aromatic rings. The van der Waals surface area contributed by atoms with Crippen LogP contribution in [0, 0.1) is 0 Å². The molecule has 1 aromatic heterocycles. The lowest BCUT2D eigenvalue weighted by Crippen LogP contribution is -2.28. The molecule has 0 atom stereocenters. The Balaban J connectivity index is 1.87. The molecule has 0 aliphatic carbocycles. The Morgan fingerprint density at radius 2 is 2.05 bits per heavy atom. The second kappa shape index (κ2) is 5.54. The van der Waals surface area contributed by atoms with E-state index in [-0.39, 0.29) is 17.0 Å². The Labute approximate surface area is 122 Å². The number of H-pyrrole nitrogens is 1. The first-order valence-electron chi connectivity index (χ1n) is 6.91. The van der Waals surface area contributed by atoms with E-state index in [0.717, 1.165) is 24.2 Å². The number of benzene rings is 1. The van der Waals surface area contributed by atoms with E-state index in [2.05, 4.69) is 27.3 Å². The molecule has 0 saturated carbocycles. The summed E-state index contributed by atoms with van der Waals surface area (Å²) in [5, 5.41) is 2.54. The fourth-order valence-corrected chi connectivity index (χ4v) is 2.77. The fourth-order valence-electron chi connectivity index (χ4n) is 2.77. The summed E-state index contributed by atoms with van der Waals surface area (Å²) in [7, 11) is 1.54. The topological polar surface area (TPSA) is 65.2 Å². The third-order valence-corrected chi connectivity index (χ3v) is 3.77. The highest BCUT2D eigenvalue weighted by atomic mass is 16.2. The molecule has 0 radical (unpaired) electrons. The van der Waals surface area contributed by atoms with Crippen molar-refractivity contribution in [3.8, 4) is 0 Å². The van der Waals surface area contributed by atoms with Crippen LogP contribution in [0.5, 0.6) is 0 Å². The number of carbonyl (C=O) groups excluding carboxylic acids is 1. The van der Waals surface area contributed by atoms with Gasteiger partial charge in [0.25, 0.3) is 11.5 Å². The minimum Gasteiger partial charge on any atom is -0.355 e. The van der Waals surface area contributed by atoms with Gasteiger partial charge in [0.05, 0.1) is 0 Å². The largest absolute Gasteiger partial charge is 0.355 e. The molecule has 1 aliphatic rings. The summed E-state index contributed by atoms with van der Waals surface area (Å²) in [6.45, 7) is 2.17. The van der Waals surface area contributed by atoms with Gasteiger partial charge in [-0.15, -0.1) is 0 Å². The minimum atomic E-state index is -0.324. The molecule has 2 heterocycles. The Bertz CT molecular complexity index is 722.